The van der Waals surface area contributed by atoms with Gasteiger partial charge in [-0.1, -0.05) is 6.07 Å². The van der Waals surface area contributed by atoms with Crippen LogP contribution in [0.25, 0.3) is 0 Å². The van der Waals surface area contributed by atoms with Crippen LogP contribution in [0.15, 0.2) is 36.7 Å². The summed E-state index contributed by atoms with van der Waals surface area (Å²) < 4.78 is 0. The van der Waals surface area contributed by atoms with Crippen molar-refractivity contribution in [2.75, 3.05) is 5.73 Å². The van der Waals surface area contributed by atoms with Gasteiger partial charge in [-0.2, -0.15) is 0 Å². The number of hydrogen-bond acceptors (Lipinski definition) is 4. The Bertz CT molecular complexity index is 554. The highest BCUT2D eigenvalue weighted by molar-refractivity contribution is 5.95. The van der Waals surface area contributed by atoms with Crippen molar-refractivity contribution in [2.24, 2.45) is 0 Å². The Morgan fingerprint density at radius 2 is 2.22 bits per heavy atom. The van der Waals surface area contributed by atoms with Crippen molar-refractivity contribution in [2.45, 2.75) is 13.5 Å². The van der Waals surface area contributed by atoms with Crippen molar-refractivity contribution in [1.82, 2.24) is 15.3 Å². The fourth-order valence-corrected chi connectivity index (χ4v) is 1.55. The molecule has 0 aliphatic rings. The molecule has 92 valence electrons. The molecule has 0 aliphatic carbocycles. The second-order valence-electron chi connectivity index (χ2n) is 3.91. The summed E-state index contributed by atoms with van der Waals surface area (Å²) in [7, 11) is 0. The van der Waals surface area contributed by atoms with E-state index in [0.29, 0.717) is 23.5 Å². The van der Waals surface area contributed by atoms with Crippen LogP contribution < -0.4 is 11.1 Å². The van der Waals surface area contributed by atoms with Gasteiger partial charge in [0.05, 0.1) is 35.4 Å². The maximum atomic E-state index is 12.0. The van der Waals surface area contributed by atoms with E-state index in [0.717, 1.165) is 5.69 Å². The van der Waals surface area contributed by atoms with Crippen LogP contribution in [0.2, 0.25) is 0 Å². The highest BCUT2D eigenvalue weighted by atomic mass is 16.1. The zero-order valence-electron chi connectivity index (χ0n) is 10.1. The molecule has 2 heterocycles. The van der Waals surface area contributed by atoms with E-state index in [1.54, 1.807) is 19.2 Å². The molecule has 0 bridgehead atoms. The fraction of sp³-hybridized carbons (Fsp3) is 0.154. The number of hydrogen-bond donors (Lipinski definition) is 2. The Kier molecular flexibility index (Phi) is 3.52. The second kappa shape index (κ2) is 5.27. The molecule has 1 amide bonds. The smallest absolute Gasteiger partial charge is 0.253 e. The van der Waals surface area contributed by atoms with Crippen LogP contribution >= 0.6 is 0 Å². The first-order valence-electron chi connectivity index (χ1n) is 5.57. The van der Waals surface area contributed by atoms with E-state index in [1.165, 1.54) is 6.20 Å². The molecule has 2 aromatic heterocycles. The van der Waals surface area contributed by atoms with Crippen molar-refractivity contribution >= 4 is 11.6 Å². The molecule has 5 heteroatoms. The molecule has 0 fully saturated rings. The number of nitrogens with two attached hydrogens (primary N) is 1. The fourth-order valence-electron chi connectivity index (χ4n) is 1.55. The number of aryl methyl sites for hydroxylation is 1. The standard InChI is InChI=1S/C13H14N4O/c1-9-12(6-10(14)7-16-9)13(18)17-8-11-4-2-3-5-15-11/h2-7H,8,14H2,1H3,(H,17,18). The molecule has 0 atom stereocenters. The third-order valence-electron chi connectivity index (χ3n) is 2.51. The maximum Gasteiger partial charge on any atom is 0.253 e. The molecule has 2 aromatic rings. The van der Waals surface area contributed by atoms with Gasteiger partial charge >= 0.3 is 0 Å². The monoisotopic (exact) mass is 242 g/mol. The number of pyridine rings is 2. The SMILES string of the molecule is Cc1ncc(N)cc1C(=O)NCc1ccccn1. The summed E-state index contributed by atoms with van der Waals surface area (Å²) in [5.41, 5.74) is 8.05. The van der Waals surface area contributed by atoms with Crippen molar-refractivity contribution in [1.29, 1.82) is 0 Å². The van der Waals surface area contributed by atoms with Crippen LogP contribution in [0.5, 0.6) is 0 Å². The van der Waals surface area contributed by atoms with Gasteiger partial charge in [0.2, 0.25) is 0 Å². The van der Waals surface area contributed by atoms with Gasteiger partial charge < -0.3 is 11.1 Å². The summed E-state index contributed by atoms with van der Waals surface area (Å²) in [4.78, 5) is 20.1. The van der Waals surface area contributed by atoms with E-state index in [4.69, 9.17) is 5.73 Å². The van der Waals surface area contributed by atoms with E-state index in [9.17, 15) is 4.79 Å². The zero-order chi connectivity index (χ0) is 13.0. The molecule has 0 saturated carbocycles. The first-order valence-corrected chi connectivity index (χ1v) is 5.57. The first-order chi connectivity index (χ1) is 8.66. The second-order valence-corrected chi connectivity index (χ2v) is 3.91. The number of carbonyl (C=O) groups excluding carboxylic acids is 1. The molecule has 0 aromatic carbocycles. The molecule has 3 N–H and O–H groups in total. The Morgan fingerprint density at radius 1 is 1.39 bits per heavy atom. The summed E-state index contributed by atoms with van der Waals surface area (Å²) in [6.07, 6.45) is 3.22. The number of rotatable bonds is 3. The molecule has 0 spiro atoms. The van der Waals surface area contributed by atoms with Gasteiger partial charge in [-0.3, -0.25) is 14.8 Å². The first kappa shape index (κ1) is 12.0. The lowest BCUT2D eigenvalue weighted by Gasteiger charge is -2.07. The maximum absolute atomic E-state index is 12.0. The van der Waals surface area contributed by atoms with Gasteiger partial charge in [-0.15, -0.1) is 0 Å². The number of anilines is 1. The minimum atomic E-state index is -0.196. The highest BCUT2D eigenvalue weighted by Crippen LogP contribution is 2.09. The molecular weight excluding hydrogens is 228 g/mol. The number of nitrogens with one attached hydrogen (secondary N) is 1. The molecule has 5 nitrogen and oxygen atoms in total. The minimum absolute atomic E-state index is 0.196. The summed E-state index contributed by atoms with van der Waals surface area (Å²) in [6.45, 7) is 2.16. The third kappa shape index (κ3) is 2.82. The molecule has 0 saturated heterocycles. The lowest BCUT2D eigenvalue weighted by atomic mass is 10.2. The predicted molar refractivity (Wildman–Crippen MR) is 68.8 cm³/mol. The lowest BCUT2D eigenvalue weighted by molar-refractivity contribution is 0.0949. The van der Waals surface area contributed by atoms with Crippen LogP contribution in [-0.4, -0.2) is 15.9 Å². The number of nitrogen functional groups attached to an aromatic ring is 1. The third-order valence-corrected chi connectivity index (χ3v) is 2.51. The van der Waals surface area contributed by atoms with Crippen molar-refractivity contribution in [3.05, 3.63) is 53.6 Å². The largest absolute Gasteiger partial charge is 0.397 e. The quantitative estimate of drug-likeness (QED) is 0.850. The average molecular weight is 242 g/mol. The molecule has 0 unspecified atom stereocenters. The van der Waals surface area contributed by atoms with Crippen LogP contribution in [0.1, 0.15) is 21.7 Å². The normalized spacial score (nSPS) is 10.1. The van der Waals surface area contributed by atoms with Crippen LogP contribution in [-0.2, 0) is 6.54 Å². The molecular formula is C13H14N4O. The number of carbonyl (C=O) groups is 1. The summed E-state index contributed by atoms with van der Waals surface area (Å²) in [6, 6.07) is 7.18. The molecule has 0 radical (unpaired) electrons. The van der Waals surface area contributed by atoms with Gasteiger partial charge in [-0.05, 0) is 25.1 Å². The zero-order valence-corrected chi connectivity index (χ0v) is 10.1. The van der Waals surface area contributed by atoms with Crippen LogP contribution in [0, 0.1) is 6.92 Å². The van der Waals surface area contributed by atoms with E-state index in [1.807, 2.05) is 18.2 Å². The Hall–Kier alpha value is -2.43. The van der Waals surface area contributed by atoms with Crippen LogP contribution in [0.4, 0.5) is 5.69 Å². The molecule has 18 heavy (non-hydrogen) atoms. The molecule has 0 aliphatic heterocycles. The van der Waals surface area contributed by atoms with Gasteiger partial charge in [0.15, 0.2) is 0 Å². The van der Waals surface area contributed by atoms with Crippen molar-refractivity contribution in [3.63, 3.8) is 0 Å². The van der Waals surface area contributed by atoms with Crippen molar-refractivity contribution < 1.29 is 4.79 Å². The van der Waals surface area contributed by atoms with E-state index in [2.05, 4.69) is 15.3 Å². The average Bonchev–Trinajstić information content (AvgIpc) is 2.40. The van der Waals surface area contributed by atoms with Gasteiger partial charge in [0.25, 0.3) is 5.91 Å². The lowest BCUT2D eigenvalue weighted by Crippen LogP contribution is -2.24. The Labute approximate surface area is 105 Å². The van der Waals surface area contributed by atoms with Crippen molar-refractivity contribution in [3.8, 4) is 0 Å². The summed E-state index contributed by atoms with van der Waals surface area (Å²) >= 11 is 0. The topological polar surface area (TPSA) is 80.9 Å². The van der Waals surface area contributed by atoms with E-state index < -0.39 is 0 Å². The summed E-state index contributed by atoms with van der Waals surface area (Å²) in [5, 5.41) is 2.79. The minimum Gasteiger partial charge on any atom is -0.397 e. The van der Waals surface area contributed by atoms with Gasteiger partial charge in [0, 0.05) is 6.20 Å². The van der Waals surface area contributed by atoms with Gasteiger partial charge in [0.1, 0.15) is 0 Å². The van der Waals surface area contributed by atoms with Crippen LogP contribution in [0.3, 0.4) is 0 Å². The highest BCUT2D eigenvalue weighted by Gasteiger charge is 2.10. The number of amides is 1. The Morgan fingerprint density at radius 3 is 2.94 bits per heavy atom. The van der Waals surface area contributed by atoms with E-state index in [-0.39, 0.29) is 5.91 Å². The van der Waals surface area contributed by atoms with Gasteiger partial charge in [-0.25, -0.2) is 0 Å². The number of aromatic nitrogens is 2. The summed E-state index contributed by atoms with van der Waals surface area (Å²) in [5.74, 6) is -0.196. The Balaban J connectivity index is 2.06. The van der Waals surface area contributed by atoms with E-state index >= 15 is 0 Å². The molecule has 2 rings (SSSR count). The number of nitrogens with zero attached hydrogens (tertiary/aromatic N) is 2. The predicted octanol–water partition coefficient (Wildman–Crippen LogP) is 1.30.